The van der Waals surface area contributed by atoms with E-state index in [1.165, 1.54) is 6.07 Å². The van der Waals surface area contributed by atoms with Crippen LogP contribution in [0.2, 0.25) is 0 Å². The Kier molecular flexibility index (Phi) is 3.76. The van der Waals surface area contributed by atoms with Crippen LogP contribution in [0.25, 0.3) is 22.4 Å². The smallest absolute Gasteiger partial charge is 0.261 e. The van der Waals surface area contributed by atoms with Crippen molar-refractivity contribution < 1.29 is 12.9 Å². The van der Waals surface area contributed by atoms with Gasteiger partial charge in [0, 0.05) is 16.2 Å². The topological polar surface area (TPSA) is 60.2 Å². The molecule has 3 aromatic rings. The van der Waals surface area contributed by atoms with Crippen LogP contribution in [0.1, 0.15) is 5.76 Å². The van der Waals surface area contributed by atoms with Gasteiger partial charge in [0.05, 0.1) is 10.5 Å². The standard InChI is InChI=1S/C16H12ClNO3S/c1-11-15(12-7-3-2-4-8-12)16(18-21-11)13-9-5-6-10-14(13)22(17,19)20/h2-10H,1H3. The van der Waals surface area contributed by atoms with Crippen LogP contribution in [-0.4, -0.2) is 13.6 Å². The molecule has 0 amide bonds. The maximum absolute atomic E-state index is 11.8. The zero-order chi connectivity index (χ0) is 15.7. The second-order valence-corrected chi connectivity index (χ2v) is 7.30. The van der Waals surface area contributed by atoms with Gasteiger partial charge in [-0.3, -0.25) is 0 Å². The Morgan fingerprint density at radius 2 is 1.64 bits per heavy atom. The monoisotopic (exact) mass is 333 g/mol. The fourth-order valence-corrected chi connectivity index (χ4v) is 3.45. The lowest BCUT2D eigenvalue weighted by Crippen LogP contribution is -1.95. The third-order valence-electron chi connectivity index (χ3n) is 3.33. The molecule has 0 N–H and O–H groups in total. The first-order chi connectivity index (χ1) is 10.5. The highest BCUT2D eigenvalue weighted by Gasteiger charge is 2.23. The highest BCUT2D eigenvalue weighted by Crippen LogP contribution is 2.37. The summed E-state index contributed by atoms with van der Waals surface area (Å²) in [6, 6.07) is 16.0. The minimum atomic E-state index is -3.88. The van der Waals surface area contributed by atoms with Crippen LogP contribution in [-0.2, 0) is 9.05 Å². The zero-order valence-electron chi connectivity index (χ0n) is 11.7. The first kappa shape index (κ1) is 14.8. The molecule has 0 aliphatic rings. The summed E-state index contributed by atoms with van der Waals surface area (Å²) < 4.78 is 28.9. The number of aryl methyl sites for hydroxylation is 1. The van der Waals surface area contributed by atoms with Crippen molar-refractivity contribution in [1.29, 1.82) is 0 Å². The molecule has 0 spiro atoms. The molecule has 3 rings (SSSR count). The number of aromatic nitrogens is 1. The molecule has 0 aliphatic heterocycles. The fourth-order valence-electron chi connectivity index (χ4n) is 2.38. The molecule has 22 heavy (non-hydrogen) atoms. The minimum absolute atomic E-state index is 0.0159. The second-order valence-electron chi connectivity index (χ2n) is 4.76. The molecular formula is C16H12ClNO3S. The lowest BCUT2D eigenvalue weighted by atomic mass is 9.99. The van der Waals surface area contributed by atoms with Gasteiger partial charge in [-0.2, -0.15) is 0 Å². The predicted molar refractivity (Wildman–Crippen MR) is 85.2 cm³/mol. The Bertz CT molecular complexity index is 918. The lowest BCUT2D eigenvalue weighted by Gasteiger charge is -2.06. The van der Waals surface area contributed by atoms with Gasteiger partial charge in [0.25, 0.3) is 9.05 Å². The van der Waals surface area contributed by atoms with E-state index in [1.54, 1.807) is 25.1 Å². The van der Waals surface area contributed by atoms with Gasteiger partial charge in [-0.1, -0.05) is 53.7 Å². The highest BCUT2D eigenvalue weighted by molar-refractivity contribution is 8.13. The number of rotatable bonds is 3. The van der Waals surface area contributed by atoms with E-state index in [1.807, 2.05) is 30.3 Å². The van der Waals surface area contributed by atoms with Gasteiger partial charge in [-0.25, -0.2) is 8.42 Å². The first-order valence-corrected chi connectivity index (χ1v) is 8.85. The third-order valence-corrected chi connectivity index (χ3v) is 4.71. The fraction of sp³-hybridized carbons (Fsp3) is 0.0625. The Balaban J connectivity index is 2.29. The summed E-state index contributed by atoms with van der Waals surface area (Å²) >= 11 is 0. The van der Waals surface area contributed by atoms with Crippen molar-refractivity contribution in [2.45, 2.75) is 11.8 Å². The predicted octanol–water partition coefficient (Wildman–Crippen LogP) is 4.24. The molecule has 0 fully saturated rings. The maximum atomic E-state index is 11.8. The number of hydrogen-bond acceptors (Lipinski definition) is 4. The molecule has 2 aromatic carbocycles. The minimum Gasteiger partial charge on any atom is -0.360 e. The van der Waals surface area contributed by atoms with Gasteiger partial charge in [0.1, 0.15) is 11.5 Å². The molecular weight excluding hydrogens is 322 g/mol. The average molecular weight is 334 g/mol. The van der Waals surface area contributed by atoms with Gasteiger partial charge in [-0.15, -0.1) is 0 Å². The highest BCUT2D eigenvalue weighted by atomic mass is 35.7. The van der Waals surface area contributed by atoms with Crippen molar-refractivity contribution in [1.82, 2.24) is 5.16 Å². The summed E-state index contributed by atoms with van der Waals surface area (Å²) in [6.45, 7) is 1.79. The van der Waals surface area contributed by atoms with E-state index in [0.717, 1.165) is 11.1 Å². The molecule has 0 radical (unpaired) electrons. The van der Waals surface area contributed by atoms with E-state index >= 15 is 0 Å². The van der Waals surface area contributed by atoms with Crippen LogP contribution < -0.4 is 0 Å². The number of benzene rings is 2. The summed E-state index contributed by atoms with van der Waals surface area (Å²) in [6.07, 6.45) is 0. The summed E-state index contributed by atoms with van der Waals surface area (Å²) in [7, 11) is 1.65. The van der Waals surface area contributed by atoms with Crippen LogP contribution in [0.15, 0.2) is 64.0 Å². The maximum Gasteiger partial charge on any atom is 0.261 e. The number of nitrogens with zero attached hydrogens (tertiary/aromatic N) is 1. The molecule has 1 aromatic heterocycles. The van der Waals surface area contributed by atoms with Crippen molar-refractivity contribution in [3.8, 4) is 22.4 Å². The average Bonchev–Trinajstić information content (AvgIpc) is 2.89. The summed E-state index contributed by atoms with van der Waals surface area (Å²) in [4.78, 5) is 0.0159. The quantitative estimate of drug-likeness (QED) is 0.672. The number of hydrogen-bond donors (Lipinski definition) is 0. The largest absolute Gasteiger partial charge is 0.360 e. The molecule has 112 valence electrons. The molecule has 0 atom stereocenters. The van der Waals surface area contributed by atoms with Gasteiger partial charge < -0.3 is 4.52 Å². The van der Waals surface area contributed by atoms with Crippen LogP contribution in [0, 0.1) is 6.92 Å². The van der Waals surface area contributed by atoms with Gasteiger partial charge in [0.2, 0.25) is 0 Å². The Hall–Kier alpha value is -2.11. The van der Waals surface area contributed by atoms with Crippen molar-refractivity contribution in [3.63, 3.8) is 0 Å². The van der Waals surface area contributed by atoms with Crippen molar-refractivity contribution in [2.75, 3.05) is 0 Å². The van der Waals surface area contributed by atoms with Crippen LogP contribution >= 0.6 is 10.7 Å². The third kappa shape index (κ3) is 2.65. The molecule has 6 heteroatoms. The van der Waals surface area contributed by atoms with E-state index in [0.29, 0.717) is 17.0 Å². The van der Waals surface area contributed by atoms with E-state index < -0.39 is 9.05 Å². The molecule has 0 saturated heterocycles. The molecule has 4 nitrogen and oxygen atoms in total. The molecule has 0 bridgehead atoms. The van der Waals surface area contributed by atoms with Gasteiger partial charge in [0.15, 0.2) is 0 Å². The molecule has 1 heterocycles. The lowest BCUT2D eigenvalue weighted by molar-refractivity contribution is 0.400. The summed E-state index contributed by atoms with van der Waals surface area (Å²) in [5.74, 6) is 0.614. The van der Waals surface area contributed by atoms with E-state index in [9.17, 15) is 8.42 Å². The van der Waals surface area contributed by atoms with Crippen molar-refractivity contribution in [2.24, 2.45) is 0 Å². The molecule has 0 saturated carbocycles. The van der Waals surface area contributed by atoms with E-state index in [-0.39, 0.29) is 4.90 Å². The van der Waals surface area contributed by atoms with Crippen molar-refractivity contribution >= 4 is 19.7 Å². The van der Waals surface area contributed by atoms with Crippen LogP contribution in [0.5, 0.6) is 0 Å². The molecule has 0 aliphatic carbocycles. The summed E-state index contributed by atoms with van der Waals surface area (Å²) in [5.41, 5.74) is 2.54. The normalized spacial score (nSPS) is 11.5. The zero-order valence-corrected chi connectivity index (χ0v) is 13.2. The van der Waals surface area contributed by atoms with Crippen LogP contribution in [0.4, 0.5) is 0 Å². The first-order valence-electron chi connectivity index (χ1n) is 6.54. The Labute approximate surface area is 132 Å². The van der Waals surface area contributed by atoms with E-state index in [4.69, 9.17) is 15.2 Å². The second kappa shape index (κ2) is 5.59. The summed E-state index contributed by atoms with van der Waals surface area (Å²) in [5, 5.41) is 4.04. The Morgan fingerprint density at radius 1 is 1.00 bits per heavy atom. The van der Waals surface area contributed by atoms with Gasteiger partial charge in [-0.05, 0) is 18.6 Å². The van der Waals surface area contributed by atoms with Crippen molar-refractivity contribution in [3.05, 3.63) is 60.4 Å². The number of halogens is 1. The van der Waals surface area contributed by atoms with E-state index in [2.05, 4.69) is 5.16 Å². The SMILES string of the molecule is Cc1onc(-c2ccccc2S(=O)(=O)Cl)c1-c1ccccc1. The Morgan fingerprint density at radius 3 is 2.32 bits per heavy atom. The van der Waals surface area contributed by atoms with Crippen LogP contribution in [0.3, 0.4) is 0 Å². The van der Waals surface area contributed by atoms with Gasteiger partial charge >= 0.3 is 0 Å². The molecule has 0 unspecified atom stereocenters.